The predicted octanol–water partition coefficient (Wildman–Crippen LogP) is 4.83. The lowest BCUT2D eigenvalue weighted by Crippen LogP contribution is -2.41. The zero-order valence-corrected chi connectivity index (χ0v) is 18.0. The fourth-order valence-electron chi connectivity index (χ4n) is 3.62. The van der Waals surface area contributed by atoms with Crippen molar-refractivity contribution in [2.24, 2.45) is 0 Å². The molecule has 1 aliphatic rings. The van der Waals surface area contributed by atoms with E-state index in [0.717, 1.165) is 32.1 Å². The highest BCUT2D eigenvalue weighted by Crippen LogP contribution is 2.53. The van der Waals surface area contributed by atoms with Gasteiger partial charge in [0, 0.05) is 6.54 Å². The average molecular weight is 411 g/mol. The number of carboxylic acid groups (broad SMARTS) is 1. The van der Waals surface area contributed by atoms with Gasteiger partial charge in [0.15, 0.2) is 0 Å². The van der Waals surface area contributed by atoms with E-state index in [1.165, 1.54) is 19.3 Å². The molecule has 28 heavy (non-hydrogen) atoms. The minimum Gasteiger partial charge on any atom is -0.497 e. The van der Waals surface area contributed by atoms with Gasteiger partial charge < -0.3 is 14.4 Å². The zero-order chi connectivity index (χ0) is 20.4. The van der Waals surface area contributed by atoms with Crippen molar-refractivity contribution >= 4 is 18.8 Å². The number of carbonyl (C=O) groups is 1. The summed E-state index contributed by atoms with van der Waals surface area (Å²) in [4.78, 5) is 12.1. The SMILES string of the molecule is CCCCCCCCC(C(=O)O)N1CCCCOP1(=O)c1ccc(OC)cc1. The van der Waals surface area contributed by atoms with Gasteiger partial charge in [0.1, 0.15) is 11.8 Å². The zero-order valence-electron chi connectivity index (χ0n) is 17.1. The molecule has 2 rings (SSSR count). The van der Waals surface area contributed by atoms with E-state index in [9.17, 15) is 14.5 Å². The fraction of sp³-hybridized carbons (Fsp3) is 0.667. The first kappa shape index (κ1) is 22.9. The molecule has 1 saturated heterocycles. The lowest BCUT2D eigenvalue weighted by Gasteiger charge is -2.33. The third-order valence-corrected chi connectivity index (χ3v) is 7.90. The highest BCUT2D eigenvalue weighted by molar-refractivity contribution is 7.64. The fourth-order valence-corrected chi connectivity index (χ4v) is 6.10. The molecule has 0 bridgehead atoms. The molecule has 0 aromatic heterocycles. The normalized spacial score (nSPS) is 21.8. The maximum Gasteiger partial charge on any atom is 0.321 e. The Morgan fingerprint density at radius 1 is 1.18 bits per heavy atom. The summed E-state index contributed by atoms with van der Waals surface area (Å²) >= 11 is 0. The molecule has 1 aliphatic heterocycles. The summed E-state index contributed by atoms with van der Waals surface area (Å²) in [6, 6.07) is 6.14. The topological polar surface area (TPSA) is 76.1 Å². The van der Waals surface area contributed by atoms with Crippen LogP contribution in [0.2, 0.25) is 0 Å². The van der Waals surface area contributed by atoms with Gasteiger partial charge in [0.25, 0.3) is 0 Å². The number of carboxylic acids is 1. The molecule has 158 valence electrons. The molecule has 2 unspecified atom stereocenters. The van der Waals surface area contributed by atoms with Crippen LogP contribution in [0.25, 0.3) is 0 Å². The van der Waals surface area contributed by atoms with Gasteiger partial charge in [-0.25, -0.2) is 4.67 Å². The number of aliphatic carboxylic acids is 1. The Kier molecular flexibility index (Phi) is 9.49. The lowest BCUT2D eigenvalue weighted by atomic mass is 10.1. The molecule has 0 amide bonds. The Hall–Kier alpha value is -1.36. The molecule has 0 saturated carbocycles. The summed E-state index contributed by atoms with van der Waals surface area (Å²) in [5.41, 5.74) is 0. The van der Waals surface area contributed by atoms with Crippen LogP contribution in [0, 0.1) is 0 Å². The largest absolute Gasteiger partial charge is 0.497 e. The third-order valence-electron chi connectivity index (χ3n) is 5.26. The van der Waals surface area contributed by atoms with Gasteiger partial charge >= 0.3 is 13.5 Å². The number of hydrogen-bond acceptors (Lipinski definition) is 4. The molecule has 2 atom stereocenters. The summed E-state index contributed by atoms with van der Waals surface area (Å²) < 4.78 is 26.5. The van der Waals surface area contributed by atoms with Crippen molar-refractivity contribution in [1.29, 1.82) is 0 Å². The van der Waals surface area contributed by atoms with Crippen LogP contribution >= 0.6 is 7.52 Å². The van der Waals surface area contributed by atoms with Gasteiger partial charge in [0.05, 0.1) is 19.0 Å². The second kappa shape index (κ2) is 11.6. The summed E-state index contributed by atoms with van der Waals surface area (Å²) in [7, 11) is -1.85. The van der Waals surface area contributed by atoms with Gasteiger partial charge in [-0.2, -0.15) is 0 Å². The van der Waals surface area contributed by atoms with Crippen molar-refractivity contribution in [1.82, 2.24) is 4.67 Å². The Bertz CT molecular complexity index is 649. The highest BCUT2D eigenvalue weighted by atomic mass is 31.2. The number of ether oxygens (including phenoxy) is 1. The molecule has 0 aliphatic carbocycles. The maximum absolute atomic E-state index is 13.9. The van der Waals surface area contributed by atoms with Gasteiger partial charge in [-0.1, -0.05) is 45.4 Å². The van der Waals surface area contributed by atoms with Crippen molar-refractivity contribution in [2.75, 3.05) is 20.3 Å². The van der Waals surface area contributed by atoms with Gasteiger partial charge in [-0.3, -0.25) is 9.36 Å². The summed E-state index contributed by atoms with van der Waals surface area (Å²) in [6.45, 7) is 3.02. The molecular weight excluding hydrogens is 377 g/mol. The number of hydrogen-bond donors (Lipinski definition) is 1. The van der Waals surface area contributed by atoms with E-state index in [4.69, 9.17) is 9.26 Å². The second-order valence-electron chi connectivity index (χ2n) is 7.33. The second-order valence-corrected chi connectivity index (χ2v) is 9.66. The number of methoxy groups -OCH3 is 1. The number of benzene rings is 1. The first-order valence-electron chi connectivity index (χ1n) is 10.4. The summed E-state index contributed by atoms with van der Waals surface area (Å²) in [6.07, 6.45) is 8.58. The minimum atomic E-state index is -3.43. The molecular formula is C21H34NO5P. The molecule has 7 heteroatoms. The van der Waals surface area contributed by atoms with Gasteiger partial charge in [-0.05, 0) is 43.5 Å². The van der Waals surface area contributed by atoms with E-state index < -0.39 is 19.5 Å². The van der Waals surface area contributed by atoms with Crippen LogP contribution in [0.3, 0.4) is 0 Å². The van der Waals surface area contributed by atoms with Crippen LogP contribution < -0.4 is 10.0 Å². The number of unbranched alkanes of at least 4 members (excludes halogenated alkanes) is 5. The summed E-state index contributed by atoms with van der Waals surface area (Å²) in [5, 5.41) is 10.4. The molecule has 1 aromatic carbocycles. The first-order chi connectivity index (χ1) is 13.5. The standard InChI is InChI=1S/C21H34NO5P/c1-3-4-5-6-7-8-11-20(21(23)24)22-16-9-10-17-27-28(22,25)19-14-12-18(26-2)13-15-19/h12-15,20H,3-11,16-17H2,1-2H3,(H,23,24). The monoisotopic (exact) mass is 411 g/mol. The Labute approximate surface area is 168 Å². The quantitative estimate of drug-likeness (QED) is 0.415. The van der Waals surface area contributed by atoms with Crippen LogP contribution in [0.5, 0.6) is 5.75 Å². The highest BCUT2D eigenvalue weighted by Gasteiger charge is 2.42. The van der Waals surface area contributed by atoms with E-state index in [2.05, 4.69) is 6.92 Å². The molecule has 0 radical (unpaired) electrons. The Balaban J connectivity index is 2.17. The van der Waals surface area contributed by atoms with Crippen molar-refractivity contribution < 1.29 is 23.7 Å². The molecule has 1 aromatic rings. The van der Waals surface area contributed by atoms with Crippen LogP contribution in [0.15, 0.2) is 24.3 Å². The number of rotatable bonds is 11. The molecule has 0 spiro atoms. The molecule has 1 N–H and O–H groups in total. The molecule has 6 nitrogen and oxygen atoms in total. The van der Waals surface area contributed by atoms with Gasteiger partial charge in [0.2, 0.25) is 0 Å². The number of nitrogens with zero attached hydrogens (tertiary/aromatic N) is 1. The molecule has 1 heterocycles. The Morgan fingerprint density at radius 2 is 1.86 bits per heavy atom. The van der Waals surface area contributed by atoms with E-state index >= 15 is 0 Å². The first-order valence-corrected chi connectivity index (χ1v) is 12.0. The van der Waals surface area contributed by atoms with Crippen LogP contribution in [-0.2, 0) is 13.9 Å². The Morgan fingerprint density at radius 3 is 2.50 bits per heavy atom. The molecule has 1 fully saturated rings. The van der Waals surface area contributed by atoms with Crippen LogP contribution in [-0.4, -0.2) is 42.0 Å². The van der Waals surface area contributed by atoms with Crippen molar-refractivity contribution in [2.45, 2.75) is 70.8 Å². The van der Waals surface area contributed by atoms with E-state index in [0.29, 0.717) is 30.6 Å². The van der Waals surface area contributed by atoms with Crippen molar-refractivity contribution in [3.8, 4) is 5.75 Å². The van der Waals surface area contributed by atoms with Gasteiger partial charge in [-0.15, -0.1) is 0 Å². The maximum atomic E-state index is 13.9. The third kappa shape index (κ3) is 6.07. The minimum absolute atomic E-state index is 0.378. The van der Waals surface area contributed by atoms with Crippen LogP contribution in [0.1, 0.15) is 64.7 Å². The lowest BCUT2D eigenvalue weighted by molar-refractivity contribution is -0.141. The average Bonchev–Trinajstić information content (AvgIpc) is 2.89. The van der Waals surface area contributed by atoms with Crippen LogP contribution in [0.4, 0.5) is 0 Å². The van der Waals surface area contributed by atoms with E-state index in [1.54, 1.807) is 36.0 Å². The summed E-state index contributed by atoms with van der Waals surface area (Å²) in [5.74, 6) is -0.258. The van der Waals surface area contributed by atoms with E-state index in [-0.39, 0.29) is 0 Å². The van der Waals surface area contributed by atoms with Crippen molar-refractivity contribution in [3.05, 3.63) is 24.3 Å². The van der Waals surface area contributed by atoms with Crippen molar-refractivity contribution in [3.63, 3.8) is 0 Å². The smallest absolute Gasteiger partial charge is 0.321 e. The van der Waals surface area contributed by atoms with E-state index in [1.807, 2.05) is 0 Å². The predicted molar refractivity (Wildman–Crippen MR) is 112 cm³/mol.